The third kappa shape index (κ3) is 5.56. The Hall–Kier alpha value is -2.42. The van der Waals surface area contributed by atoms with Crippen LogP contribution in [-0.2, 0) is 4.79 Å². The zero-order chi connectivity index (χ0) is 20.8. The number of carbonyl (C=O) groups is 1. The maximum Gasteiger partial charge on any atom is 0.219 e. The lowest BCUT2D eigenvalue weighted by Gasteiger charge is -2.38. The minimum Gasteiger partial charge on any atom is -0.366 e. The number of benzene rings is 1. The molecular formula is C20H30F2N6O. The van der Waals surface area contributed by atoms with Gasteiger partial charge in [0.15, 0.2) is 5.96 Å². The van der Waals surface area contributed by atoms with Crippen molar-refractivity contribution in [3.05, 3.63) is 29.8 Å². The Balaban J connectivity index is 1.42. The zero-order valence-electron chi connectivity index (χ0n) is 17.2. The Morgan fingerprint density at radius 2 is 1.69 bits per heavy atom. The lowest BCUT2D eigenvalue weighted by molar-refractivity contribution is -0.130. The molecule has 7 nitrogen and oxygen atoms in total. The number of piperazine rings is 2. The summed E-state index contributed by atoms with van der Waals surface area (Å²) >= 11 is 0. The van der Waals surface area contributed by atoms with Gasteiger partial charge in [0.2, 0.25) is 5.91 Å². The zero-order valence-corrected chi connectivity index (χ0v) is 17.2. The predicted octanol–water partition coefficient (Wildman–Crippen LogP) is 0.826. The van der Waals surface area contributed by atoms with Crippen molar-refractivity contribution in [2.24, 2.45) is 4.99 Å². The molecule has 0 aliphatic carbocycles. The van der Waals surface area contributed by atoms with E-state index in [1.165, 1.54) is 12.1 Å². The predicted molar refractivity (Wildman–Crippen MR) is 110 cm³/mol. The molecule has 1 aromatic carbocycles. The fourth-order valence-electron chi connectivity index (χ4n) is 3.83. The molecule has 0 atom stereocenters. The van der Waals surface area contributed by atoms with E-state index in [0.29, 0.717) is 31.9 Å². The van der Waals surface area contributed by atoms with Crippen molar-refractivity contribution in [1.82, 2.24) is 20.0 Å². The first-order valence-electron chi connectivity index (χ1n) is 10.1. The molecule has 0 spiro atoms. The molecule has 3 rings (SSSR count). The summed E-state index contributed by atoms with van der Waals surface area (Å²) < 4.78 is 27.5. The van der Waals surface area contributed by atoms with Crippen LogP contribution in [0.4, 0.5) is 14.5 Å². The van der Waals surface area contributed by atoms with Crippen molar-refractivity contribution in [3.8, 4) is 0 Å². The number of aliphatic imine (C=N–C) groups is 1. The average molecular weight is 408 g/mol. The van der Waals surface area contributed by atoms with Gasteiger partial charge in [-0.3, -0.25) is 14.7 Å². The van der Waals surface area contributed by atoms with Crippen LogP contribution in [0.2, 0.25) is 0 Å². The first kappa shape index (κ1) is 21.3. The number of amides is 1. The smallest absolute Gasteiger partial charge is 0.219 e. The van der Waals surface area contributed by atoms with Crippen LogP contribution in [0.1, 0.15) is 6.92 Å². The Kier molecular flexibility index (Phi) is 7.24. The molecule has 1 aromatic rings. The Bertz CT molecular complexity index is 728. The van der Waals surface area contributed by atoms with E-state index >= 15 is 0 Å². The fraction of sp³-hybridized carbons (Fsp3) is 0.600. The highest BCUT2D eigenvalue weighted by Crippen LogP contribution is 2.21. The van der Waals surface area contributed by atoms with Gasteiger partial charge in [-0.25, -0.2) is 8.78 Å². The second kappa shape index (κ2) is 9.87. The molecule has 0 aromatic heterocycles. The van der Waals surface area contributed by atoms with E-state index in [0.717, 1.165) is 51.3 Å². The van der Waals surface area contributed by atoms with E-state index in [1.54, 1.807) is 14.0 Å². The average Bonchev–Trinajstić information content (AvgIpc) is 2.73. The van der Waals surface area contributed by atoms with E-state index in [1.807, 2.05) is 9.80 Å². The summed E-state index contributed by atoms with van der Waals surface area (Å²) in [5.74, 6) is 0.143. The molecule has 29 heavy (non-hydrogen) atoms. The standard InChI is InChI=1S/C20H30F2N6O/c1-16(29)26-9-7-25(8-10-26)6-5-24-20(23-2)28-13-11-27(12-14-28)19-15-17(21)3-4-18(19)22/h3-4,15H,5-14H2,1-2H3,(H,23,24). The molecule has 2 fully saturated rings. The molecule has 1 amide bonds. The number of carbonyl (C=O) groups excluding carboxylic acids is 1. The maximum absolute atomic E-state index is 14.0. The Morgan fingerprint density at radius 1 is 1.03 bits per heavy atom. The molecule has 0 saturated carbocycles. The highest BCUT2D eigenvalue weighted by Gasteiger charge is 2.22. The van der Waals surface area contributed by atoms with Gasteiger partial charge in [-0.1, -0.05) is 0 Å². The third-order valence-corrected chi connectivity index (χ3v) is 5.57. The van der Waals surface area contributed by atoms with Gasteiger partial charge in [-0.2, -0.15) is 0 Å². The first-order valence-corrected chi connectivity index (χ1v) is 10.1. The summed E-state index contributed by atoms with van der Waals surface area (Å²) in [6, 6.07) is 3.57. The second-order valence-electron chi connectivity index (χ2n) is 7.39. The Labute approximate surface area is 171 Å². The van der Waals surface area contributed by atoms with Crippen LogP contribution in [-0.4, -0.2) is 99.1 Å². The fourth-order valence-corrected chi connectivity index (χ4v) is 3.83. The molecule has 2 aliphatic rings. The van der Waals surface area contributed by atoms with Crippen molar-refractivity contribution < 1.29 is 13.6 Å². The van der Waals surface area contributed by atoms with Gasteiger partial charge >= 0.3 is 0 Å². The van der Waals surface area contributed by atoms with E-state index in [9.17, 15) is 13.6 Å². The third-order valence-electron chi connectivity index (χ3n) is 5.57. The number of nitrogens with zero attached hydrogens (tertiary/aromatic N) is 5. The second-order valence-corrected chi connectivity index (χ2v) is 7.39. The van der Waals surface area contributed by atoms with E-state index in [-0.39, 0.29) is 5.91 Å². The van der Waals surface area contributed by atoms with Gasteiger partial charge in [0.05, 0.1) is 5.69 Å². The summed E-state index contributed by atoms with van der Waals surface area (Å²) in [6.07, 6.45) is 0. The number of rotatable bonds is 4. The molecule has 9 heteroatoms. The summed E-state index contributed by atoms with van der Waals surface area (Å²) in [7, 11) is 1.76. The largest absolute Gasteiger partial charge is 0.366 e. The number of guanidine groups is 1. The molecule has 0 unspecified atom stereocenters. The van der Waals surface area contributed by atoms with Crippen molar-refractivity contribution in [2.75, 3.05) is 77.4 Å². The monoisotopic (exact) mass is 408 g/mol. The number of hydrogen-bond acceptors (Lipinski definition) is 4. The van der Waals surface area contributed by atoms with Gasteiger partial charge in [0.1, 0.15) is 11.6 Å². The van der Waals surface area contributed by atoms with Crippen LogP contribution in [0, 0.1) is 11.6 Å². The minimum atomic E-state index is -0.426. The van der Waals surface area contributed by atoms with Crippen LogP contribution in [0.25, 0.3) is 0 Å². The molecule has 2 saturated heterocycles. The topological polar surface area (TPSA) is 54.4 Å². The maximum atomic E-state index is 14.0. The number of anilines is 1. The molecule has 160 valence electrons. The highest BCUT2D eigenvalue weighted by atomic mass is 19.1. The van der Waals surface area contributed by atoms with E-state index in [2.05, 4.69) is 20.1 Å². The van der Waals surface area contributed by atoms with Gasteiger partial charge in [-0.15, -0.1) is 0 Å². The van der Waals surface area contributed by atoms with Crippen LogP contribution >= 0.6 is 0 Å². The van der Waals surface area contributed by atoms with Gasteiger partial charge in [0, 0.05) is 85.5 Å². The summed E-state index contributed by atoms with van der Waals surface area (Å²) in [6.45, 7) is 9.19. The van der Waals surface area contributed by atoms with Crippen LogP contribution < -0.4 is 10.2 Å². The van der Waals surface area contributed by atoms with Crippen LogP contribution in [0.3, 0.4) is 0 Å². The SMILES string of the molecule is CN=C(NCCN1CCN(C(C)=O)CC1)N1CCN(c2cc(F)ccc2F)CC1. The van der Waals surface area contributed by atoms with E-state index in [4.69, 9.17) is 0 Å². The molecule has 1 N–H and O–H groups in total. The normalized spacial score (nSPS) is 18.9. The summed E-state index contributed by atoms with van der Waals surface area (Å²) in [5, 5.41) is 3.40. The van der Waals surface area contributed by atoms with Crippen molar-refractivity contribution in [1.29, 1.82) is 0 Å². The number of hydrogen-bond donors (Lipinski definition) is 1. The molecule has 0 bridgehead atoms. The summed E-state index contributed by atoms with van der Waals surface area (Å²) in [5.41, 5.74) is 0.317. The molecular weight excluding hydrogens is 378 g/mol. The molecule has 2 heterocycles. The number of halogens is 2. The van der Waals surface area contributed by atoms with Crippen molar-refractivity contribution in [3.63, 3.8) is 0 Å². The van der Waals surface area contributed by atoms with E-state index < -0.39 is 11.6 Å². The molecule has 2 aliphatic heterocycles. The van der Waals surface area contributed by atoms with Crippen LogP contribution in [0.15, 0.2) is 23.2 Å². The lowest BCUT2D eigenvalue weighted by atomic mass is 10.2. The summed E-state index contributed by atoms with van der Waals surface area (Å²) in [4.78, 5) is 24.0. The molecule has 0 radical (unpaired) electrons. The van der Waals surface area contributed by atoms with Gasteiger partial charge in [-0.05, 0) is 12.1 Å². The first-order chi connectivity index (χ1) is 14.0. The van der Waals surface area contributed by atoms with Gasteiger partial charge in [0.25, 0.3) is 0 Å². The Morgan fingerprint density at radius 3 is 2.31 bits per heavy atom. The lowest BCUT2D eigenvalue weighted by Crippen LogP contribution is -2.54. The number of nitrogens with one attached hydrogen (secondary N) is 1. The van der Waals surface area contributed by atoms with Crippen molar-refractivity contribution >= 4 is 17.6 Å². The minimum absolute atomic E-state index is 0.139. The highest BCUT2D eigenvalue weighted by molar-refractivity contribution is 5.80. The van der Waals surface area contributed by atoms with Crippen molar-refractivity contribution in [2.45, 2.75) is 6.92 Å². The van der Waals surface area contributed by atoms with Gasteiger partial charge < -0.3 is 20.0 Å². The van der Waals surface area contributed by atoms with Crippen LogP contribution in [0.5, 0.6) is 0 Å². The quantitative estimate of drug-likeness (QED) is 0.591.